The van der Waals surface area contributed by atoms with Crippen LogP contribution in [-0.2, 0) is 5.41 Å². The van der Waals surface area contributed by atoms with Crippen molar-refractivity contribution in [3.05, 3.63) is 65.9 Å². The van der Waals surface area contributed by atoms with Crippen LogP contribution in [-0.4, -0.2) is 15.8 Å². The third kappa shape index (κ3) is 4.47. The minimum absolute atomic E-state index is 0.143. The lowest BCUT2D eigenvalue weighted by Gasteiger charge is -2.14. The monoisotopic (exact) mass is 363 g/mol. The Morgan fingerprint density at radius 2 is 1.78 bits per heavy atom. The Morgan fingerprint density at radius 1 is 1.04 bits per heavy atom. The predicted octanol–water partition coefficient (Wildman–Crippen LogP) is 4.70. The molecule has 0 aliphatic carbocycles. The number of amides is 2. The van der Waals surface area contributed by atoms with Crippen molar-refractivity contribution in [1.82, 2.24) is 9.78 Å². The lowest BCUT2D eigenvalue weighted by molar-refractivity contribution is 0.262. The van der Waals surface area contributed by atoms with Crippen molar-refractivity contribution in [2.75, 3.05) is 16.4 Å². The van der Waals surface area contributed by atoms with E-state index in [1.807, 2.05) is 37.3 Å². The fourth-order valence-electron chi connectivity index (χ4n) is 2.69. The molecule has 0 aliphatic rings. The number of benzene rings is 2. The Morgan fingerprint density at radius 3 is 2.44 bits per heavy atom. The van der Waals surface area contributed by atoms with E-state index in [1.54, 1.807) is 28.9 Å². The Kier molecular flexibility index (Phi) is 4.90. The number of rotatable bonds is 3. The van der Waals surface area contributed by atoms with E-state index in [2.05, 4.69) is 31.4 Å². The number of nitrogens with two attached hydrogens (primary N) is 1. The second kappa shape index (κ2) is 7.15. The van der Waals surface area contributed by atoms with Crippen molar-refractivity contribution in [3.8, 4) is 5.69 Å². The first-order valence-electron chi connectivity index (χ1n) is 8.83. The number of carbonyl (C=O) groups is 1. The summed E-state index contributed by atoms with van der Waals surface area (Å²) in [6.07, 6.45) is 0. The lowest BCUT2D eigenvalue weighted by Crippen LogP contribution is -2.21. The molecule has 0 saturated heterocycles. The van der Waals surface area contributed by atoms with Crippen molar-refractivity contribution in [2.24, 2.45) is 0 Å². The van der Waals surface area contributed by atoms with Crippen LogP contribution in [0.5, 0.6) is 0 Å². The molecule has 1 heterocycles. The summed E-state index contributed by atoms with van der Waals surface area (Å²) < 4.78 is 1.76. The number of hydrogen-bond acceptors (Lipinski definition) is 3. The molecule has 0 aliphatic heterocycles. The van der Waals surface area contributed by atoms with Crippen LogP contribution in [0.1, 0.15) is 32.0 Å². The van der Waals surface area contributed by atoms with Gasteiger partial charge in [0.25, 0.3) is 0 Å². The van der Waals surface area contributed by atoms with Gasteiger partial charge in [0.05, 0.1) is 11.4 Å². The van der Waals surface area contributed by atoms with Crippen LogP contribution in [0.25, 0.3) is 5.69 Å². The molecule has 0 spiro atoms. The van der Waals surface area contributed by atoms with Crippen LogP contribution in [0.15, 0.2) is 54.6 Å². The zero-order valence-electron chi connectivity index (χ0n) is 16.1. The predicted molar refractivity (Wildman–Crippen MR) is 110 cm³/mol. The zero-order chi connectivity index (χ0) is 19.6. The molecule has 2 aromatic carbocycles. The van der Waals surface area contributed by atoms with Gasteiger partial charge in [-0.25, -0.2) is 9.48 Å². The average molecular weight is 363 g/mol. The van der Waals surface area contributed by atoms with Gasteiger partial charge in [-0.3, -0.25) is 5.32 Å². The molecule has 27 heavy (non-hydrogen) atoms. The van der Waals surface area contributed by atoms with Crippen LogP contribution in [0, 0.1) is 6.92 Å². The van der Waals surface area contributed by atoms with Crippen LogP contribution in [0.4, 0.5) is 22.0 Å². The minimum atomic E-state index is -0.352. The number of urea groups is 1. The number of hydrogen-bond donors (Lipinski definition) is 3. The third-order valence-electron chi connectivity index (χ3n) is 4.11. The highest BCUT2D eigenvalue weighted by Gasteiger charge is 2.21. The van der Waals surface area contributed by atoms with Gasteiger partial charge in [-0.15, -0.1) is 0 Å². The van der Waals surface area contributed by atoms with E-state index < -0.39 is 0 Å². The summed E-state index contributed by atoms with van der Waals surface area (Å²) in [4.78, 5) is 12.5. The molecular formula is C21H25N5O. The largest absolute Gasteiger partial charge is 0.399 e. The average Bonchev–Trinajstić information content (AvgIpc) is 2.98. The quantitative estimate of drug-likeness (QED) is 0.589. The molecule has 140 valence electrons. The van der Waals surface area contributed by atoms with Gasteiger partial charge < -0.3 is 11.1 Å². The summed E-state index contributed by atoms with van der Waals surface area (Å²) in [5.41, 5.74) is 9.75. The van der Waals surface area contributed by atoms with Gasteiger partial charge >= 0.3 is 6.03 Å². The molecule has 2 amide bonds. The molecular weight excluding hydrogens is 338 g/mol. The van der Waals surface area contributed by atoms with Gasteiger partial charge in [-0.05, 0) is 42.8 Å². The topological polar surface area (TPSA) is 85.0 Å². The second-order valence-corrected chi connectivity index (χ2v) is 7.62. The Bertz CT molecular complexity index is 969. The summed E-state index contributed by atoms with van der Waals surface area (Å²) in [7, 11) is 0. The molecule has 6 nitrogen and oxygen atoms in total. The van der Waals surface area contributed by atoms with Crippen molar-refractivity contribution in [2.45, 2.75) is 33.1 Å². The highest BCUT2D eigenvalue weighted by atomic mass is 16.2. The van der Waals surface area contributed by atoms with Gasteiger partial charge in [0.1, 0.15) is 5.82 Å². The molecule has 0 bridgehead atoms. The second-order valence-electron chi connectivity index (χ2n) is 7.62. The molecule has 0 saturated carbocycles. The van der Waals surface area contributed by atoms with E-state index >= 15 is 0 Å². The molecule has 0 fully saturated rings. The van der Waals surface area contributed by atoms with Crippen molar-refractivity contribution in [1.29, 1.82) is 0 Å². The maximum atomic E-state index is 12.5. The lowest BCUT2D eigenvalue weighted by atomic mass is 9.92. The summed E-state index contributed by atoms with van der Waals surface area (Å²) in [6.45, 7) is 8.29. The van der Waals surface area contributed by atoms with Gasteiger partial charge in [-0.2, -0.15) is 5.10 Å². The maximum Gasteiger partial charge on any atom is 0.324 e. The summed E-state index contributed by atoms with van der Waals surface area (Å²) in [5.74, 6) is 0.604. The molecule has 3 rings (SSSR count). The van der Waals surface area contributed by atoms with Crippen LogP contribution in [0.3, 0.4) is 0 Å². The Hall–Kier alpha value is -3.28. The third-order valence-corrected chi connectivity index (χ3v) is 4.11. The number of aryl methyl sites for hydroxylation is 1. The number of aromatic nitrogens is 2. The molecule has 4 N–H and O–H groups in total. The van der Waals surface area contributed by atoms with E-state index in [4.69, 9.17) is 10.8 Å². The number of anilines is 3. The summed E-state index contributed by atoms with van der Waals surface area (Å²) in [6, 6.07) is 16.6. The fraction of sp³-hybridized carbons (Fsp3) is 0.238. The Balaban J connectivity index is 1.91. The number of nitrogen functional groups attached to an aromatic ring is 1. The fourth-order valence-corrected chi connectivity index (χ4v) is 2.69. The van der Waals surface area contributed by atoms with Crippen molar-refractivity contribution >= 4 is 23.2 Å². The first-order chi connectivity index (χ1) is 12.7. The molecule has 0 atom stereocenters. The van der Waals surface area contributed by atoms with Crippen molar-refractivity contribution < 1.29 is 4.79 Å². The molecule has 1 aromatic heterocycles. The highest BCUT2D eigenvalue weighted by molar-refractivity contribution is 5.99. The van der Waals surface area contributed by atoms with E-state index in [-0.39, 0.29) is 11.4 Å². The smallest absolute Gasteiger partial charge is 0.324 e. The Labute approximate surface area is 159 Å². The van der Waals surface area contributed by atoms with Gasteiger partial charge in [0, 0.05) is 22.9 Å². The molecule has 0 radical (unpaired) electrons. The van der Waals surface area contributed by atoms with Crippen LogP contribution >= 0.6 is 0 Å². The first-order valence-corrected chi connectivity index (χ1v) is 8.83. The number of nitrogens with zero attached hydrogens (tertiary/aromatic N) is 2. The summed E-state index contributed by atoms with van der Waals surface area (Å²) >= 11 is 0. The van der Waals surface area contributed by atoms with E-state index in [9.17, 15) is 4.79 Å². The SMILES string of the molecule is Cc1cccc(-n2nc(C(C)(C)C)cc2NC(=O)Nc2cccc(N)c2)c1. The molecule has 6 heteroatoms. The number of nitrogens with one attached hydrogen (secondary N) is 2. The van der Waals surface area contributed by atoms with Crippen LogP contribution in [0.2, 0.25) is 0 Å². The van der Waals surface area contributed by atoms with Crippen molar-refractivity contribution in [3.63, 3.8) is 0 Å². The zero-order valence-corrected chi connectivity index (χ0v) is 16.1. The van der Waals surface area contributed by atoms with Gasteiger partial charge in [0.2, 0.25) is 0 Å². The standard InChI is InChI=1S/C21H25N5O/c1-14-7-5-10-17(11-14)26-19(13-18(25-26)21(2,3)4)24-20(27)23-16-9-6-8-15(22)12-16/h5-13H,22H2,1-4H3,(H2,23,24,27). The maximum absolute atomic E-state index is 12.5. The molecule has 3 aromatic rings. The van der Waals surface area contributed by atoms with Crippen LogP contribution < -0.4 is 16.4 Å². The minimum Gasteiger partial charge on any atom is -0.399 e. The number of carbonyl (C=O) groups excluding carboxylic acids is 1. The van der Waals surface area contributed by atoms with E-state index in [1.165, 1.54) is 0 Å². The van der Waals surface area contributed by atoms with Gasteiger partial charge in [-0.1, -0.05) is 39.0 Å². The summed E-state index contributed by atoms with van der Waals surface area (Å²) in [5, 5.41) is 10.4. The van der Waals surface area contributed by atoms with E-state index in [0.29, 0.717) is 17.2 Å². The first kappa shape index (κ1) is 18.5. The van der Waals surface area contributed by atoms with E-state index in [0.717, 1.165) is 16.9 Å². The molecule has 0 unspecified atom stereocenters. The highest BCUT2D eigenvalue weighted by Crippen LogP contribution is 2.26. The normalized spacial score (nSPS) is 11.3. The van der Waals surface area contributed by atoms with Gasteiger partial charge in [0.15, 0.2) is 0 Å².